The van der Waals surface area contributed by atoms with Gasteiger partial charge in [-0.1, -0.05) is 18.2 Å². The molecule has 0 saturated heterocycles. The summed E-state index contributed by atoms with van der Waals surface area (Å²) < 4.78 is 4.43. The molecule has 17 heavy (non-hydrogen) atoms. The number of anilines is 1. The van der Waals surface area contributed by atoms with Crippen molar-refractivity contribution in [3.63, 3.8) is 0 Å². The Kier molecular flexibility index (Phi) is 2.74. The van der Waals surface area contributed by atoms with Gasteiger partial charge in [-0.25, -0.2) is 9.69 Å². The maximum atomic E-state index is 11.9. The number of methoxy groups -OCH3 is 1. The summed E-state index contributed by atoms with van der Waals surface area (Å²) >= 11 is 0. The van der Waals surface area contributed by atoms with E-state index in [4.69, 9.17) is 0 Å². The number of amides is 2. The lowest BCUT2D eigenvalue weighted by Gasteiger charge is -2.13. The third-order valence-electron chi connectivity index (χ3n) is 2.34. The Bertz CT molecular complexity index is 519. The van der Waals surface area contributed by atoms with E-state index in [-0.39, 0.29) is 5.57 Å². The Morgan fingerprint density at radius 1 is 1.18 bits per heavy atom. The highest BCUT2D eigenvalue weighted by Gasteiger charge is 2.36. The summed E-state index contributed by atoms with van der Waals surface area (Å²) in [6.45, 7) is 0. The number of imide groups is 1. The van der Waals surface area contributed by atoms with E-state index in [1.54, 1.807) is 30.3 Å². The molecule has 0 radical (unpaired) electrons. The van der Waals surface area contributed by atoms with Crippen LogP contribution >= 0.6 is 0 Å². The molecule has 86 valence electrons. The fourth-order valence-corrected chi connectivity index (χ4v) is 1.55. The van der Waals surface area contributed by atoms with Crippen LogP contribution in [0, 0.1) is 0 Å². The van der Waals surface area contributed by atoms with Gasteiger partial charge < -0.3 is 4.74 Å². The fraction of sp³-hybridized carbons (Fsp3) is 0.0833. The molecule has 2 amide bonds. The minimum absolute atomic E-state index is 0.249. The van der Waals surface area contributed by atoms with Crippen molar-refractivity contribution in [3.05, 3.63) is 42.0 Å². The first-order valence-electron chi connectivity index (χ1n) is 4.88. The second kappa shape index (κ2) is 4.21. The number of benzene rings is 1. The summed E-state index contributed by atoms with van der Waals surface area (Å²) in [5.74, 6) is -2.00. The van der Waals surface area contributed by atoms with Gasteiger partial charge in [0.2, 0.25) is 0 Å². The lowest BCUT2D eigenvalue weighted by Crippen LogP contribution is -2.32. The Labute approximate surface area is 97.3 Å². The monoisotopic (exact) mass is 231 g/mol. The van der Waals surface area contributed by atoms with E-state index in [1.807, 2.05) is 0 Å². The standard InChI is InChI=1S/C12H9NO4/c1-17-12(16)9-7-10(14)13(11(9)15)8-5-3-2-4-6-8/h2-7H,1H3. The Morgan fingerprint density at radius 2 is 1.82 bits per heavy atom. The topological polar surface area (TPSA) is 63.7 Å². The molecule has 1 heterocycles. The van der Waals surface area contributed by atoms with Crippen molar-refractivity contribution in [1.82, 2.24) is 0 Å². The minimum atomic E-state index is -0.804. The van der Waals surface area contributed by atoms with E-state index in [0.29, 0.717) is 5.69 Å². The lowest BCUT2D eigenvalue weighted by atomic mass is 10.2. The molecule has 5 nitrogen and oxygen atoms in total. The molecule has 0 atom stereocenters. The molecule has 1 aromatic rings. The van der Waals surface area contributed by atoms with Gasteiger partial charge >= 0.3 is 5.97 Å². The maximum Gasteiger partial charge on any atom is 0.343 e. The predicted molar refractivity (Wildman–Crippen MR) is 59.0 cm³/mol. The van der Waals surface area contributed by atoms with E-state index in [2.05, 4.69) is 4.74 Å². The van der Waals surface area contributed by atoms with Crippen LogP contribution in [-0.2, 0) is 19.1 Å². The molecule has 0 N–H and O–H groups in total. The Balaban J connectivity index is 2.34. The zero-order chi connectivity index (χ0) is 12.4. The van der Waals surface area contributed by atoms with E-state index in [9.17, 15) is 14.4 Å². The number of nitrogens with zero attached hydrogens (tertiary/aromatic N) is 1. The van der Waals surface area contributed by atoms with Crippen molar-refractivity contribution in [1.29, 1.82) is 0 Å². The zero-order valence-electron chi connectivity index (χ0n) is 9.04. The Hall–Kier alpha value is -2.43. The molecular weight excluding hydrogens is 222 g/mol. The van der Waals surface area contributed by atoms with Gasteiger partial charge in [-0.2, -0.15) is 0 Å². The van der Waals surface area contributed by atoms with Crippen molar-refractivity contribution in [2.75, 3.05) is 12.0 Å². The van der Waals surface area contributed by atoms with Gasteiger partial charge in [-0.3, -0.25) is 9.59 Å². The number of esters is 1. The number of hydrogen-bond donors (Lipinski definition) is 0. The number of para-hydroxylation sites is 1. The largest absolute Gasteiger partial charge is 0.465 e. The highest BCUT2D eigenvalue weighted by atomic mass is 16.5. The first kappa shape index (κ1) is 11.1. The van der Waals surface area contributed by atoms with Crippen molar-refractivity contribution >= 4 is 23.5 Å². The van der Waals surface area contributed by atoms with Crippen molar-refractivity contribution in [3.8, 4) is 0 Å². The van der Waals surface area contributed by atoms with Gasteiger partial charge in [0.1, 0.15) is 5.57 Å². The summed E-state index contributed by atoms with van der Waals surface area (Å²) in [7, 11) is 1.16. The summed E-state index contributed by atoms with van der Waals surface area (Å²) in [6.07, 6.45) is 0.987. The Morgan fingerprint density at radius 3 is 2.41 bits per heavy atom. The third kappa shape index (κ3) is 1.82. The second-order valence-electron chi connectivity index (χ2n) is 3.36. The molecule has 0 fully saturated rings. The SMILES string of the molecule is COC(=O)C1=CC(=O)N(c2ccccc2)C1=O. The van der Waals surface area contributed by atoms with Gasteiger partial charge in [0.05, 0.1) is 12.8 Å². The van der Waals surface area contributed by atoms with Crippen LogP contribution in [0.3, 0.4) is 0 Å². The molecular formula is C12H9NO4. The third-order valence-corrected chi connectivity index (χ3v) is 2.34. The lowest BCUT2D eigenvalue weighted by molar-refractivity contribution is -0.137. The number of rotatable bonds is 2. The number of hydrogen-bond acceptors (Lipinski definition) is 4. The van der Waals surface area contributed by atoms with Gasteiger partial charge in [0.15, 0.2) is 0 Å². The van der Waals surface area contributed by atoms with Crippen molar-refractivity contribution in [2.24, 2.45) is 0 Å². The van der Waals surface area contributed by atoms with Crippen LogP contribution in [0.15, 0.2) is 42.0 Å². The molecule has 0 bridgehead atoms. The average Bonchev–Trinajstić information content (AvgIpc) is 2.65. The summed E-state index contributed by atoms with van der Waals surface area (Å²) in [5, 5.41) is 0. The van der Waals surface area contributed by atoms with Crippen LogP contribution in [0.4, 0.5) is 5.69 Å². The van der Waals surface area contributed by atoms with E-state index in [0.717, 1.165) is 18.1 Å². The maximum absolute atomic E-state index is 11.9. The van der Waals surface area contributed by atoms with Gasteiger partial charge in [0.25, 0.3) is 11.8 Å². The summed E-state index contributed by atoms with van der Waals surface area (Å²) in [5.41, 5.74) is 0.180. The average molecular weight is 231 g/mol. The predicted octanol–water partition coefficient (Wildman–Crippen LogP) is 0.659. The molecule has 1 aliphatic heterocycles. The number of ether oxygens (including phenoxy) is 1. The van der Waals surface area contributed by atoms with E-state index in [1.165, 1.54) is 0 Å². The zero-order valence-corrected chi connectivity index (χ0v) is 9.04. The van der Waals surface area contributed by atoms with E-state index < -0.39 is 17.8 Å². The van der Waals surface area contributed by atoms with Gasteiger partial charge in [-0.05, 0) is 12.1 Å². The molecule has 0 unspecified atom stereocenters. The van der Waals surface area contributed by atoms with Crippen molar-refractivity contribution < 1.29 is 19.1 Å². The van der Waals surface area contributed by atoms with Crippen LogP contribution in [0.5, 0.6) is 0 Å². The molecule has 0 aliphatic carbocycles. The van der Waals surface area contributed by atoms with Crippen LogP contribution in [0.1, 0.15) is 0 Å². The van der Waals surface area contributed by atoms with Crippen LogP contribution in [0.2, 0.25) is 0 Å². The first-order valence-corrected chi connectivity index (χ1v) is 4.88. The molecule has 1 aliphatic rings. The van der Waals surface area contributed by atoms with E-state index >= 15 is 0 Å². The second-order valence-corrected chi connectivity index (χ2v) is 3.36. The fourth-order valence-electron chi connectivity index (χ4n) is 1.55. The summed E-state index contributed by atoms with van der Waals surface area (Å²) in [4.78, 5) is 35.7. The molecule has 0 saturated carbocycles. The number of carbonyl (C=O) groups excluding carboxylic acids is 3. The van der Waals surface area contributed by atoms with Crippen LogP contribution < -0.4 is 4.90 Å². The van der Waals surface area contributed by atoms with Gasteiger partial charge in [0, 0.05) is 6.08 Å². The number of carbonyl (C=O) groups is 3. The molecule has 0 aromatic heterocycles. The highest BCUT2D eigenvalue weighted by molar-refractivity contribution is 6.38. The van der Waals surface area contributed by atoms with Crippen LogP contribution in [-0.4, -0.2) is 24.9 Å². The van der Waals surface area contributed by atoms with Crippen LogP contribution in [0.25, 0.3) is 0 Å². The molecule has 1 aromatic carbocycles. The minimum Gasteiger partial charge on any atom is -0.465 e. The quantitative estimate of drug-likeness (QED) is 0.426. The molecule has 5 heteroatoms. The highest BCUT2D eigenvalue weighted by Crippen LogP contribution is 2.22. The normalized spacial score (nSPS) is 14.9. The first-order chi connectivity index (χ1) is 8.15. The molecule has 0 spiro atoms. The summed E-state index contributed by atoms with van der Waals surface area (Å²) in [6, 6.07) is 8.40. The molecule has 2 rings (SSSR count). The van der Waals surface area contributed by atoms with Gasteiger partial charge in [-0.15, -0.1) is 0 Å². The smallest absolute Gasteiger partial charge is 0.343 e. The van der Waals surface area contributed by atoms with Crippen molar-refractivity contribution in [2.45, 2.75) is 0 Å².